The van der Waals surface area contributed by atoms with Gasteiger partial charge in [0.15, 0.2) is 0 Å². The van der Waals surface area contributed by atoms with E-state index in [0.29, 0.717) is 10.0 Å². The van der Waals surface area contributed by atoms with E-state index in [4.69, 9.17) is 0 Å². The second kappa shape index (κ2) is 5.44. The fraction of sp³-hybridized carbons (Fsp3) is 0.214. The Bertz CT molecular complexity index is 674. The number of hydrogen-bond acceptors (Lipinski definition) is 1. The molecule has 0 amide bonds. The molecule has 1 aromatic carbocycles. The third-order valence-corrected chi connectivity index (χ3v) is 3.38. The molecule has 6 heteroatoms. The quantitative estimate of drug-likeness (QED) is 0.806. The molecule has 0 aliphatic heterocycles. The third-order valence-electron chi connectivity index (χ3n) is 2.81. The number of aryl methyl sites for hydroxylation is 1. The van der Waals surface area contributed by atoms with Gasteiger partial charge in [0.1, 0.15) is 0 Å². The van der Waals surface area contributed by atoms with Gasteiger partial charge in [-0.25, -0.2) is 0 Å². The molecule has 0 radical (unpaired) electrons. The minimum atomic E-state index is -4.35. The highest BCUT2D eigenvalue weighted by Gasteiger charge is 2.29. The van der Waals surface area contributed by atoms with Gasteiger partial charge in [-0.15, -0.1) is 0 Å². The van der Waals surface area contributed by atoms with Crippen molar-refractivity contribution in [3.05, 3.63) is 68.0 Å². The molecule has 20 heavy (non-hydrogen) atoms. The van der Waals surface area contributed by atoms with Gasteiger partial charge in [-0.05, 0) is 52.2 Å². The van der Waals surface area contributed by atoms with Gasteiger partial charge in [-0.1, -0.05) is 12.1 Å². The van der Waals surface area contributed by atoms with E-state index < -0.39 is 11.7 Å². The van der Waals surface area contributed by atoms with Crippen LogP contribution in [-0.4, -0.2) is 4.57 Å². The molecule has 2 nitrogen and oxygen atoms in total. The predicted octanol–water partition coefficient (Wildman–Crippen LogP) is 3.99. The number of halogens is 4. The van der Waals surface area contributed by atoms with Gasteiger partial charge in [0.05, 0.1) is 16.6 Å². The number of nitrogens with zero attached hydrogens (tertiary/aromatic N) is 1. The SMILES string of the molecule is Cc1cc(Br)c(=O)n(Cc2ccc(C(F)(F)F)cc2)c1. The molecular formula is C14H11BrF3NO. The molecule has 2 rings (SSSR count). The van der Waals surface area contributed by atoms with Crippen molar-refractivity contribution in [3.63, 3.8) is 0 Å². The van der Waals surface area contributed by atoms with Gasteiger partial charge in [-0.3, -0.25) is 4.79 Å². The topological polar surface area (TPSA) is 22.0 Å². The van der Waals surface area contributed by atoms with Crippen molar-refractivity contribution in [2.24, 2.45) is 0 Å². The lowest BCUT2D eigenvalue weighted by atomic mass is 10.1. The molecule has 0 aliphatic rings. The molecule has 1 aromatic heterocycles. The lowest BCUT2D eigenvalue weighted by molar-refractivity contribution is -0.137. The van der Waals surface area contributed by atoms with Crippen molar-refractivity contribution < 1.29 is 13.2 Å². The molecule has 2 aromatic rings. The summed E-state index contributed by atoms with van der Waals surface area (Å²) in [5, 5.41) is 0. The zero-order valence-electron chi connectivity index (χ0n) is 10.5. The van der Waals surface area contributed by atoms with Crippen LogP contribution >= 0.6 is 15.9 Å². The standard InChI is InChI=1S/C14H11BrF3NO/c1-9-6-12(15)13(20)19(7-9)8-10-2-4-11(5-3-10)14(16,17)18/h2-7H,8H2,1H3. The van der Waals surface area contributed by atoms with Crippen molar-refractivity contribution in [1.29, 1.82) is 0 Å². The predicted molar refractivity (Wildman–Crippen MR) is 73.7 cm³/mol. The van der Waals surface area contributed by atoms with Gasteiger partial charge in [-0.2, -0.15) is 13.2 Å². The van der Waals surface area contributed by atoms with E-state index in [-0.39, 0.29) is 12.1 Å². The molecule has 0 saturated carbocycles. The first kappa shape index (κ1) is 14.8. The Labute approximate surface area is 122 Å². The van der Waals surface area contributed by atoms with Gasteiger partial charge < -0.3 is 4.57 Å². The highest BCUT2D eigenvalue weighted by molar-refractivity contribution is 9.10. The Hall–Kier alpha value is -1.56. The Morgan fingerprint density at radius 1 is 1.20 bits per heavy atom. The van der Waals surface area contributed by atoms with Crippen LogP contribution in [0.5, 0.6) is 0 Å². The van der Waals surface area contributed by atoms with Crippen molar-refractivity contribution in [3.8, 4) is 0 Å². The van der Waals surface area contributed by atoms with Crippen LogP contribution in [0.15, 0.2) is 45.8 Å². The summed E-state index contributed by atoms with van der Waals surface area (Å²) in [5.74, 6) is 0. The summed E-state index contributed by atoms with van der Waals surface area (Å²) in [7, 11) is 0. The zero-order valence-corrected chi connectivity index (χ0v) is 12.1. The smallest absolute Gasteiger partial charge is 0.310 e. The van der Waals surface area contributed by atoms with Crippen LogP contribution in [0.25, 0.3) is 0 Å². The largest absolute Gasteiger partial charge is 0.416 e. The number of aromatic nitrogens is 1. The van der Waals surface area contributed by atoms with E-state index in [1.165, 1.54) is 16.7 Å². The molecule has 0 aliphatic carbocycles. The fourth-order valence-corrected chi connectivity index (χ4v) is 2.44. The molecular weight excluding hydrogens is 335 g/mol. The molecule has 1 heterocycles. The first-order chi connectivity index (χ1) is 9.27. The fourth-order valence-electron chi connectivity index (χ4n) is 1.85. The van der Waals surface area contributed by atoms with Crippen LogP contribution in [0.3, 0.4) is 0 Å². The summed E-state index contributed by atoms with van der Waals surface area (Å²) in [6.07, 6.45) is -2.67. The second-order valence-corrected chi connectivity index (χ2v) is 5.35. The lowest BCUT2D eigenvalue weighted by Gasteiger charge is -2.10. The number of alkyl halides is 3. The van der Waals surface area contributed by atoms with Crippen molar-refractivity contribution in [2.45, 2.75) is 19.6 Å². The van der Waals surface area contributed by atoms with Crippen LogP contribution < -0.4 is 5.56 Å². The summed E-state index contributed by atoms with van der Waals surface area (Å²) >= 11 is 3.17. The maximum absolute atomic E-state index is 12.5. The molecule has 0 atom stereocenters. The summed E-state index contributed by atoms with van der Waals surface area (Å²) in [6.45, 7) is 2.07. The van der Waals surface area contributed by atoms with E-state index in [9.17, 15) is 18.0 Å². The first-order valence-electron chi connectivity index (χ1n) is 5.80. The minimum absolute atomic E-state index is 0.213. The maximum Gasteiger partial charge on any atom is 0.416 e. The van der Waals surface area contributed by atoms with Gasteiger partial charge in [0.25, 0.3) is 5.56 Å². The van der Waals surface area contributed by atoms with Gasteiger partial charge in [0, 0.05) is 6.20 Å². The molecule has 0 fully saturated rings. The number of rotatable bonds is 2. The highest BCUT2D eigenvalue weighted by Crippen LogP contribution is 2.29. The summed E-state index contributed by atoms with van der Waals surface area (Å²) in [4.78, 5) is 11.9. The summed E-state index contributed by atoms with van der Waals surface area (Å²) in [6, 6.07) is 6.50. The van der Waals surface area contributed by atoms with Crippen molar-refractivity contribution >= 4 is 15.9 Å². The molecule has 0 N–H and O–H groups in total. The molecule has 0 spiro atoms. The minimum Gasteiger partial charge on any atom is -0.310 e. The molecule has 0 bridgehead atoms. The van der Waals surface area contributed by atoms with Crippen LogP contribution in [-0.2, 0) is 12.7 Å². The normalized spacial score (nSPS) is 11.7. The Morgan fingerprint density at radius 2 is 1.80 bits per heavy atom. The monoisotopic (exact) mass is 345 g/mol. The molecule has 0 unspecified atom stereocenters. The van der Waals surface area contributed by atoms with Crippen molar-refractivity contribution in [1.82, 2.24) is 4.57 Å². The van der Waals surface area contributed by atoms with E-state index >= 15 is 0 Å². The highest BCUT2D eigenvalue weighted by atomic mass is 79.9. The van der Waals surface area contributed by atoms with Gasteiger partial charge in [0.2, 0.25) is 0 Å². The third kappa shape index (κ3) is 3.30. The maximum atomic E-state index is 12.5. The molecule has 0 saturated heterocycles. The van der Waals surface area contributed by atoms with Crippen LogP contribution in [0.2, 0.25) is 0 Å². The van der Waals surface area contributed by atoms with E-state index in [2.05, 4.69) is 15.9 Å². The Balaban J connectivity index is 2.29. The second-order valence-electron chi connectivity index (χ2n) is 4.49. The van der Waals surface area contributed by atoms with Crippen LogP contribution in [0.1, 0.15) is 16.7 Å². The Kier molecular flexibility index (Phi) is 4.04. The van der Waals surface area contributed by atoms with Crippen LogP contribution in [0, 0.1) is 6.92 Å². The van der Waals surface area contributed by atoms with Gasteiger partial charge >= 0.3 is 6.18 Å². The van der Waals surface area contributed by atoms with E-state index in [1.807, 2.05) is 6.92 Å². The molecule has 106 valence electrons. The number of hydrogen-bond donors (Lipinski definition) is 0. The van der Waals surface area contributed by atoms with Crippen molar-refractivity contribution in [2.75, 3.05) is 0 Å². The Morgan fingerprint density at radius 3 is 2.35 bits per heavy atom. The zero-order chi connectivity index (χ0) is 14.9. The number of pyridine rings is 1. The lowest BCUT2D eigenvalue weighted by Crippen LogP contribution is -2.21. The van der Waals surface area contributed by atoms with E-state index in [0.717, 1.165) is 17.7 Å². The van der Waals surface area contributed by atoms with E-state index in [1.54, 1.807) is 12.3 Å². The first-order valence-corrected chi connectivity index (χ1v) is 6.59. The number of benzene rings is 1. The summed E-state index contributed by atoms with van der Waals surface area (Å²) in [5.41, 5.74) is 0.621. The average Bonchev–Trinajstić information content (AvgIpc) is 2.35. The van der Waals surface area contributed by atoms with Crippen LogP contribution in [0.4, 0.5) is 13.2 Å². The summed E-state index contributed by atoms with van der Waals surface area (Å²) < 4.78 is 39.3. The average molecular weight is 346 g/mol.